The van der Waals surface area contributed by atoms with Crippen LogP contribution in [-0.2, 0) is 4.79 Å². The summed E-state index contributed by atoms with van der Waals surface area (Å²) in [6, 6.07) is 11.9. The summed E-state index contributed by atoms with van der Waals surface area (Å²) in [5.74, 6) is 1.25. The van der Waals surface area contributed by atoms with Crippen LogP contribution in [0.1, 0.15) is 41.5 Å². The number of nitrogens with zero attached hydrogens (tertiary/aromatic N) is 3. The number of aldehydes is 1. The van der Waals surface area contributed by atoms with E-state index in [0.717, 1.165) is 47.6 Å². The van der Waals surface area contributed by atoms with Crippen molar-refractivity contribution in [3.8, 4) is 11.4 Å². The van der Waals surface area contributed by atoms with E-state index in [4.69, 9.17) is 4.98 Å². The molecule has 4 heterocycles. The summed E-state index contributed by atoms with van der Waals surface area (Å²) in [6.45, 7) is 2.14. The standard InChI is InChI=1S/C25H26N6OS/c1-33-25-28-13-9-20(31-25)21-14-18-8-12-27-22(15-32)23(18)24(30-21)29-19-4-2-16(3-5-19)17-6-10-26-11-7-17/h2-5,8-9,12-15,17,22,26-27H,6-7,10-11H2,1H3,(H,29,30). The van der Waals surface area contributed by atoms with Crippen molar-refractivity contribution < 1.29 is 4.79 Å². The predicted molar refractivity (Wildman–Crippen MR) is 133 cm³/mol. The minimum absolute atomic E-state index is 0.463. The van der Waals surface area contributed by atoms with Crippen LogP contribution in [0.3, 0.4) is 0 Å². The lowest BCUT2D eigenvalue weighted by molar-refractivity contribution is -0.109. The number of rotatable bonds is 6. The molecule has 1 fully saturated rings. The SMILES string of the molecule is CSc1nccc(-c2cc3c(c(Nc4ccc(C5CCNCC5)cc4)n2)C(C=O)NC=C3)n1. The first kappa shape index (κ1) is 21.6. The van der Waals surface area contributed by atoms with Gasteiger partial charge in [0, 0.05) is 17.4 Å². The van der Waals surface area contributed by atoms with Crippen LogP contribution < -0.4 is 16.0 Å². The van der Waals surface area contributed by atoms with Crippen molar-refractivity contribution in [3.63, 3.8) is 0 Å². The zero-order chi connectivity index (χ0) is 22.6. The molecule has 3 N–H and O–H groups in total. The Bertz CT molecular complexity index is 1170. The van der Waals surface area contributed by atoms with E-state index in [1.54, 1.807) is 12.4 Å². The van der Waals surface area contributed by atoms with Crippen LogP contribution in [0.2, 0.25) is 0 Å². The average Bonchev–Trinajstić information content (AvgIpc) is 2.89. The van der Waals surface area contributed by atoms with E-state index in [0.29, 0.717) is 16.9 Å². The highest BCUT2D eigenvalue weighted by Gasteiger charge is 2.23. The number of aromatic nitrogens is 3. The maximum Gasteiger partial charge on any atom is 0.187 e. The van der Waals surface area contributed by atoms with Crippen LogP contribution in [0.15, 0.2) is 54.0 Å². The fourth-order valence-corrected chi connectivity index (χ4v) is 4.77. The number of benzene rings is 1. The van der Waals surface area contributed by atoms with Gasteiger partial charge in [0.15, 0.2) is 5.16 Å². The van der Waals surface area contributed by atoms with Crippen LogP contribution in [0.5, 0.6) is 0 Å². The van der Waals surface area contributed by atoms with E-state index >= 15 is 0 Å². The van der Waals surface area contributed by atoms with Gasteiger partial charge in [-0.2, -0.15) is 0 Å². The molecule has 33 heavy (non-hydrogen) atoms. The molecular formula is C25H26N6OS. The summed E-state index contributed by atoms with van der Waals surface area (Å²) in [5, 5.41) is 10.7. The highest BCUT2D eigenvalue weighted by Crippen LogP contribution is 2.34. The Labute approximate surface area is 197 Å². The molecule has 0 radical (unpaired) electrons. The zero-order valence-corrected chi connectivity index (χ0v) is 19.2. The third-order valence-electron chi connectivity index (χ3n) is 6.14. The van der Waals surface area contributed by atoms with Crippen molar-refractivity contribution in [1.29, 1.82) is 0 Å². The second-order valence-electron chi connectivity index (χ2n) is 8.17. The van der Waals surface area contributed by atoms with E-state index in [-0.39, 0.29) is 0 Å². The van der Waals surface area contributed by atoms with E-state index in [1.165, 1.54) is 30.2 Å². The number of thioether (sulfide) groups is 1. The number of piperidine rings is 1. The van der Waals surface area contributed by atoms with Gasteiger partial charge in [-0.25, -0.2) is 15.0 Å². The molecule has 0 spiro atoms. The second-order valence-corrected chi connectivity index (χ2v) is 8.95. The predicted octanol–water partition coefficient (Wildman–Crippen LogP) is 4.29. The number of pyridine rings is 1. The molecule has 1 atom stereocenters. The number of nitrogens with one attached hydrogen (secondary N) is 3. The van der Waals surface area contributed by atoms with Crippen LogP contribution in [-0.4, -0.2) is 40.6 Å². The summed E-state index contributed by atoms with van der Waals surface area (Å²) in [4.78, 5) is 25.6. The third kappa shape index (κ3) is 4.62. The summed E-state index contributed by atoms with van der Waals surface area (Å²) < 4.78 is 0. The van der Waals surface area contributed by atoms with Gasteiger partial charge in [0.25, 0.3) is 0 Å². The van der Waals surface area contributed by atoms with Crippen molar-refractivity contribution in [1.82, 2.24) is 25.6 Å². The van der Waals surface area contributed by atoms with Gasteiger partial charge in [-0.05, 0) is 85.8 Å². The van der Waals surface area contributed by atoms with Gasteiger partial charge in [-0.3, -0.25) is 0 Å². The van der Waals surface area contributed by atoms with E-state index in [9.17, 15) is 4.79 Å². The van der Waals surface area contributed by atoms with Crippen LogP contribution >= 0.6 is 11.8 Å². The molecule has 2 aliphatic rings. The molecule has 2 aromatic heterocycles. The highest BCUT2D eigenvalue weighted by molar-refractivity contribution is 7.98. The molecule has 7 nitrogen and oxygen atoms in total. The molecule has 8 heteroatoms. The average molecular weight is 459 g/mol. The Morgan fingerprint density at radius 2 is 1.91 bits per heavy atom. The first-order valence-electron chi connectivity index (χ1n) is 11.1. The molecule has 1 saturated heterocycles. The zero-order valence-electron chi connectivity index (χ0n) is 18.4. The Morgan fingerprint density at radius 1 is 1.09 bits per heavy atom. The van der Waals surface area contributed by atoms with Gasteiger partial charge >= 0.3 is 0 Å². The number of hydrogen-bond acceptors (Lipinski definition) is 8. The Hall–Kier alpha value is -3.23. The monoisotopic (exact) mass is 458 g/mol. The van der Waals surface area contributed by atoms with Crippen molar-refractivity contribution in [3.05, 3.63) is 65.5 Å². The Morgan fingerprint density at radius 3 is 2.67 bits per heavy atom. The van der Waals surface area contributed by atoms with Crippen molar-refractivity contribution in [2.75, 3.05) is 24.7 Å². The number of carbonyl (C=O) groups is 1. The molecule has 2 aliphatic heterocycles. The molecule has 0 bridgehead atoms. The number of fused-ring (bicyclic) bond motifs is 1. The highest BCUT2D eigenvalue weighted by atomic mass is 32.2. The summed E-state index contributed by atoms with van der Waals surface area (Å²) in [5.41, 5.74) is 5.55. The summed E-state index contributed by atoms with van der Waals surface area (Å²) in [6.07, 6.45) is 10.7. The largest absolute Gasteiger partial charge is 0.378 e. The third-order valence-corrected chi connectivity index (χ3v) is 6.70. The van der Waals surface area contributed by atoms with E-state index < -0.39 is 6.04 Å². The fourth-order valence-electron chi connectivity index (χ4n) is 4.41. The number of anilines is 2. The normalized spacial score (nSPS) is 17.8. The Kier molecular flexibility index (Phi) is 6.37. The van der Waals surface area contributed by atoms with Crippen LogP contribution in [0.4, 0.5) is 11.5 Å². The smallest absolute Gasteiger partial charge is 0.187 e. The van der Waals surface area contributed by atoms with Crippen molar-refractivity contribution >= 4 is 35.6 Å². The van der Waals surface area contributed by atoms with Crippen LogP contribution in [0.25, 0.3) is 17.5 Å². The van der Waals surface area contributed by atoms with Gasteiger partial charge < -0.3 is 20.7 Å². The molecule has 1 unspecified atom stereocenters. The van der Waals surface area contributed by atoms with Gasteiger partial charge in [-0.15, -0.1) is 0 Å². The molecule has 1 aromatic carbocycles. The molecular weight excluding hydrogens is 432 g/mol. The molecule has 0 saturated carbocycles. The lowest BCUT2D eigenvalue weighted by Crippen LogP contribution is -2.26. The van der Waals surface area contributed by atoms with Gasteiger partial charge in [0.1, 0.15) is 18.1 Å². The lowest BCUT2D eigenvalue weighted by Gasteiger charge is -2.24. The number of carbonyl (C=O) groups excluding carboxylic acids is 1. The minimum atomic E-state index is -0.463. The fraction of sp³-hybridized carbons (Fsp3) is 0.280. The van der Waals surface area contributed by atoms with Gasteiger partial charge in [0.05, 0.1) is 11.4 Å². The lowest BCUT2D eigenvalue weighted by atomic mass is 9.90. The number of hydrogen-bond donors (Lipinski definition) is 3. The van der Waals surface area contributed by atoms with Gasteiger partial charge in [0.2, 0.25) is 0 Å². The first-order chi connectivity index (χ1) is 16.2. The molecule has 0 aliphatic carbocycles. The van der Waals surface area contributed by atoms with Crippen molar-refractivity contribution in [2.24, 2.45) is 0 Å². The summed E-state index contributed by atoms with van der Waals surface area (Å²) in [7, 11) is 0. The van der Waals surface area contributed by atoms with Crippen LogP contribution in [0, 0.1) is 0 Å². The molecule has 5 rings (SSSR count). The quantitative estimate of drug-likeness (QED) is 0.286. The maximum absolute atomic E-state index is 11.8. The van der Waals surface area contributed by atoms with E-state index in [1.807, 2.05) is 24.5 Å². The molecule has 0 amide bonds. The molecule has 3 aromatic rings. The molecule has 168 valence electrons. The van der Waals surface area contributed by atoms with Gasteiger partial charge in [-0.1, -0.05) is 23.9 Å². The first-order valence-corrected chi connectivity index (χ1v) is 12.4. The Balaban J connectivity index is 1.51. The maximum atomic E-state index is 11.8. The van der Waals surface area contributed by atoms with E-state index in [2.05, 4.69) is 50.2 Å². The topological polar surface area (TPSA) is 91.8 Å². The van der Waals surface area contributed by atoms with Crippen molar-refractivity contribution in [2.45, 2.75) is 30.0 Å². The minimum Gasteiger partial charge on any atom is -0.378 e. The second kappa shape index (κ2) is 9.72. The summed E-state index contributed by atoms with van der Waals surface area (Å²) >= 11 is 1.49.